The third-order valence-electron chi connectivity index (χ3n) is 2.19. The molecule has 1 rings (SSSR count). The lowest BCUT2D eigenvalue weighted by molar-refractivity contribution is 0.0291. The van der Waals surface area contributed by atoms with E-state index in [0.29, 0.717) is 12.0 Å². The SMILES string of the molecule is CC1(C)CN(CCCCO)C1. The first kappa shape index (κ1) is 9.01. The van der Waals surface area contributed by atoms with E-state index < -0.39 is 0 Å². The number of hydrogen-bond donors (Lipinski definition) is 1. The zero-order valence-corrected chi connectivity index (χ0v) is 7.64. The summed E-state index contributed by atoms with van der Waals surface area (Å²) in [5, 5.41) is 8.55. The van der Waals surface area contributed by atoms with E-state index in [4.69, 9.17) is 5.11 Å². The van der Waals surface area contributed by atoms with E-state index in [1.165, 1.54) is 19.6 Å². The molecular formula is C9H19NO. The van der Waals surface area contributed by atoms with Crippen molar-refractivity contribution in [3.8, 4) is 0 Å². The summed E-state index contributed by atoms with van der Waals surface area (Å²) in [5.41, 5.74) is 0.555. The maximum absolute atomic E-state index is 8.55. The molecule has 0 amide bonds. The Morgan fingerprint density at radius 1 is 1.27 bits per heavy atom. The van der Waals surface area contributed by atoms with Gasteiger partial charge >= 0.3 is 0 Å². The van der Waals surface area contributed by atoms with Crippen molar-refractivity contribution in [2.45, 2.75) is 26.7 Å². The Kier molecular flexibility index (Phi) is 2.90. The number of nitrogens with zero attached hydrogens (tertiary/aromatic N) is 1. The summed E-state index contributed by atoms with van der Waals surface area (Å²) in [6, 6.07) is 0. The zero-order valence-electron chi connectivity index (χ0n) is 7.64. The number of aliphatic hydroxyl groups excluding tert-OH is 1. The summed E-state index contributed by atoms with van der Waals surface area (Å²) in [6.07, 6.45) is 2.10. The van der Waals surface area contributed by atoms with Crippen molar-refractivity contribution >= 4 is 0 Å². The summed E-state index contributed by atoms with van der Waals surface area (Å²) in [7, 11) is 0. The van der Waals surface area contributed by atoms with Gasteiger partial charge in [-0.05, 0) is 24.8 Å². The predicted molar refractivity (Wildman–Crippen MR) is 46.5 cm³/mol. The van der Waals surface area contributed by atoms with Gasteiger partial charge in [0.05, 0.1) is 0 Å². The van der Waals surface area contributed by atoms with Crippen LogP contribution in [0.3, 0.4) is 0 Å². The Morgan fingerprint density at radius 2 is 1.91 bits per heavy atom. The molecule has 2 nitrogen and oxygen atoms in total. The Labute approximate surface area is 69.2 Å². The maximum Gasteiger partial charge on any atom is 0.0431 e. The normalized spacial score (nSPS) is 23.2. The van der Waals surface area contributed by atoms with Gasteiger partial charge in [-0.25, -0.2) is 0 Å². The second-order valence-electron chi connectivity index (χ2n) is 4.31. The van der Waals surface area contributed by atoms with Crippen LogP contribution in [0.15, 0.2) is 0 Å². The largest absolute Gasteiger partial charge is 0.396 e. The first-order chi connectivity index (χ1) is 5.14. The van der Waals surface area contributed by atoms with Gasteiger partial charge in [-0.3, -0.25) is 0 Å². The highest BCUT2D eigenvalue weighted by Gasteiger charge is 2.32. The standard InChI is InChI=1S/C9H19NO/c1-9(2)7-10(8-9)5-3-4-6-11/h11H,3-8H2,1-2H3. The van der Waals surface area contributed by atoms with Crippen LogP contribution in [0, 0.1) is 5.41 Å². The van der Waals surface area contributed by atoms with Crippen LogP contribution in [0.4, 0.5) is 0 Å². The molecule has 0 aromatic rings. The number of hydrogen-bond acceptors (Lipinski definition) is 2. The molecule has 0 spiro atoms. The molecule has 1 fully saturated rings. The zero-order chi connectivity index (χ0) is 8.32. The first-order valence-electron chi connectivity index (χ1n) is 4.47. The van der Waals surface area contributed by atoms with Crippen LogP contribution < -0.4 is 0 Å². The molecule has 0 radical (unpaired) electrons. The number of aliphatic hydroxyl groups is 1. The van der Waals surface area contributed by atoms with E-state index in [1.54, 1.807) is 0 Å². The highest BCUT2D eigenvalue weighted by molar-refractivity contribution is 4.86. The minimum atomic E-state index is 0.344. The van der Waals surface area contributed by atoms with Gasteiger partial charge in [-0.1, -0.05) is 13.8 Å². The van der Waals surface area contributed by atoms with Gasteiger partial charge in [0.15, 0.2) is 0 Å². The average Bonchev–Trinajstić information content (AvgIpc) is 1.84. The van der Waals surface area contributed by atoms with Crippen LogP contribution in [0.2, 0.25) is 0 Å². The van der Waals surface area contributed by atoms with Crippen LogP contribution in [0.5, 0.6) is 0 Å². The molecule has 1 aliphatic rings. The molecule has 0 unspecified atom stereocenters. The topological polar surface area (TPSA) is 23.5 Å². The van der Waals surface area contributed by atoms with Crippen molar-refractivity contribution in [2.75, 3.05) is 26.2 Å². The highest BCUT2D eigenvalue weighted by atomic mass is 16.2. The van der Waals surface area contributed by atoms with Crippen molar-refractivity contribution < 1.29 is 5.11 Å². The van der Waals surface area contributed by atoms with Gasteiger partial charge < -0.3 is 10.0 Å². The Bertz CT molecular complexity index is 115. The van der Waals surface area contributed by atoms with Gasteiger partial charge in [-0.15, -0.1) is 0 Å². The Morgan fingerprint density at radius 3 is 2.36 bits per heavy atom. The van der Waals surface area contributed by atoms with Crippen LogP contribution >= 0.6 is 0 Å². The molecule has 1 N–H and O–H groups in total. The van der Waals surface area contributed by atoms with Crippen LogP contribution in [-0.4, -0.2) is 36.2 Å². The minimum absolute atomic E-state index is 0.344. The van der Waals surface area contributed by atoms with Gasteiger partial charge in [-0.2, -0.15) is 0 Å². The van der Waals surface area contributed by atoms with E-state index in [1.807, 2.05) is 0 Å². The van der Waals surface area contributed by atoms with E-state index in [9.17, 15) is 0 Å². The number of likely N-dealkylation sites (tertiary alicyclic amines) is 1. The van der Waals surface area contributed by atoms with E-state index >= 15 is 0 Å². The first-order valence-corrected chi connectivity index (χ1v) is 4.47. The van der Waals surface area contributed by atoms with Crippen molar-refractivity contribution in [3.05, 3.63) is 0 Å². The molecule has 1 heterocycles. The van der Waals surface area contributed by atoms with Gasteiger partial charge in [0.25, 0.3) is 0 Å². The van der Waals surface area contributed by atoms with Crippen molar-refractivity contribution in [1.82, 2.24) is 4.90 Å². The lowest BCUT2D eigenvalue weighted by atomic mass is 9.84. The molecular weight excluding hydrogens is 138 g/mol. The fraction of sp³-hybridized carbons (Fsp3) is 1.00. The third kappa shape index (κ3) is 2.80. The van der Waals surface area contributed by atoms with Gasteiger partial charge in [0.2, 0.25) is 0 Å². The third-order valence-corrected chi connectivity index (χ3v) is 2.19. The molecule has 0 saturated carbocycles. The molecule has 0 aromatic carbocycles. The summed E-state index contributed by atoms with van der Waals surface area (Å²) in [5.74, 6) is 0. The molecule has 0 aromatic heterocycles. The Balaban J connectivity index is 1.96. The molecule has 2 heteroatoms. The molecule has 0 bridgehead atoms. The van der Waals surface area contributed by atoms with Crippen LogP contribution in [0.25, 0.3) is 0 Å². The average molecular weight is 157 g/mol. The molecule has 1 saturated heterocycles. The monoisotopic (exact) mass is 157 g/mol. The predicted octanol–water partition coefficient (Wildman–Crippen LogP) is 1.10. The fourth-order valence-electron chi connectivity index (χ4n) is 1.77. The van der Waals surface area contributed by atoms with Gasteiger partial charge in [0, 0.05) is 19.7 Å². The van der Waals surface area contributed by atoms with E-state index in [2.05, 4.69) is 18.7 Å². The molecule has 11 heavy (non-hydrogen) atoms. The second kappa shape index (κ2) is 3.55. The van der Waals surface area contributed by atoms with Crippen molar-refractivity contribution in [3.63, 3.8) is 0 Å². The van der Waals surface area contributed by atoms with E-state index in [-0.39, 0.29) is 0 Å². The number of rotatable bonds is 4. The van der Waals surface area contributed by atoms with Crippen molar-refractivity contribution in [1.29, 1.82) is 0 Å². The summed E-state index contributed by atoms with van der Waals surface area (Å²) >= 11 is 0. The van der Waals surface area contributed by atoms with Crippen LogP contribution in [-0.2, 0) is 0 Å². The molecule has 66 valence electrons. The van der Waals surface area contributed by atoms with Gasteiger partial charge in [0.1, 0.15) is 0 Å². The lowest BCUT2D eigenvalue weighted by Crippen LogP contribution is -2.52. The van der Waals surface area contributed by atoms with Crippen molar-refractivity contribution in [2.24, 2.45) is 5.41 Å². The Hall–Kier alpha value is -0.0800. The summed E-state index contributed by atoms with van der Waals surface area (Å²) in [6.45, 7) is 8.59. The highest BCUT2D eigenvalue weighted by Crippen LogP contribution is 2.28. The number of unbranched alkanes of at least 4 members (excludes halogenated alkanes) is 1. The minimum Gasteiger partial charge on any atom is -0.396 e. The molecule has 0 atom stereocenters. The van der Waals surface area contributed by atoms with Crippen LogP contribution in [0.1, 0.15) is 26.7 Å². The lowest BCUT2D eigenvalue weighted by Gasteiger charge is -2.46. The molecule has 0 aliphatic carbocycles. The second-order valence-corrected chi connectivity index (χ2v) is 4.31. The quantitative estimate of drug-likeness (QED) is 0.618. The summed E-state index contributed by atoms with van der Waals surface area (Å²) < 4.78 is 0. The molecule has 1 aliphatic heterocycles. The fourth-order valence-corrected chi connectivity index (χ4v) is 1.77. The van der Waals surface area contributed by atoms with E-state index in [0.717, 1.165) is 12.8 Å². The maximum atomic E-state index is 8.55. The smallest absolute Gasteiger partial charge is 0.0431 e. The summed E-state index contributed by atoms with van der Waals surface area (Å²) in [4.78, 5) is 2.45.